The van der Waals surface area contributed by atoms with E-state index in [2.05, 4.69) is 22.4 Å². The Morgan fingerprint density at radius 3 is 2.30 bits per heavy atom. The molecule has 0 aliphatic carbocycles. The van der Waals surface area contributed by atoms with E-state index in [4.69, 9.17) is 0 Å². The van der Waals surface area contributed by atoms with Crippen LogP contribution in [0, 0.1) is 0 Å². The minimum Gasteiger partial charge on any atom is -0.367 e. The second kappa shape index (κ2) is 7.42. The second-order valence-corrected chi connectivity index (χ2v) is 6.12. The van der Waals surface area contributed by atoms with Gasteiger partial charge in [-0.15, -0.1) is 0 Å². The van der Waals surface area contributed by atoms with Crippen molar-refractivity contribution in [3.63, 3.8) is 0 Å². The fraction of sp³-hybridized carbons (Fsp3) is 0.350. The van der Waals surface area contributed by atoms with E-state index in [-0.39, 0.29) is 0 Å². The van der Waals surface area contributed by atoms with Gasteiger partial charge in [-0.2, -0.15) is 0 Å². The summed E-state index contributed by atoms with van der Waals surface area (Å²) in [4.78, 5) is 4.54. The second-order valence-electron chi connectivity index (χ2n) is 6.12. The third kappa shape index (κ3) is 4.20. The molecule has 0 bridgehead atoms. The van der Waals surface area contributed by atoms with Crippen molar-refractivity contribution in [3.8, 4) is 0 Å². The Hall–Kier alpha value is -2.13. The largest absolute Gasteiger partial charge is 0.367 e. The van der Waals surface area contributed by atoms with Gasteiger partial charge in [-0.3, -0.25) is 4.99 Å². The molecule has 0 amide bonds. The maximum Gasteiger partial charge on any atom is 0.163 e. The molecule has 0 fully saturated rings. The normalized spacial score (nSPS) is 17.2. The molecule has 23 heavy (non-hydrogen) atoms. The summed E-state index contributed by atoms with van der Waals surface area (Å²) in [5, 5.41) is 14.6. The first-order valence-electron chi connectivity index (χ1n) is 8.40. The number of aliphatic imine (C=N–C) groups is 1. The van der Waals surface area contributed by atoms with Crippen LogP contribution in [0.3, 0.4) is 0 Å². The van der Waals surface area contributed by atoms with Gasteiger partial charge in [-0.25, -0.2) is 0 Å². The zero-order valence-electron chi connectivity index (χ0n) is 13.4. The first-order valence-corrected chi connectivity index (χ1v) is 8.40. The molecule has 3 heteroatoms. The number of nitrogens with one attached hydrogen (secondary N) is 1. The fourth-order valence-corrected chi connectivity index (χ4v) is 3.00. The number of rotatable bonds is 5. The van der Waals surface area contributed by atoms with Crippen molar-refractivity contribution in [1.29, 1.82) is 0 Å². The lowest BCUT2D eigenvalue weighted by atomic mass is 9.94. The highest BCUT2D eigenvalue weighted by Gasteiger charge is 2.30. The van der Waals surface area contributed by atoms with Crippen LogP contribution in [-0.4, -0.2) is 17.5 Å². The molecular formula is C20H24N2O. The standard InChI is InChI=1S/C20H24N2O/c23-20(18-11-5-2-6-12-18,22-19-13-7-8-16-21-19)15-14-17-9-3-1-4-10-17/h1-6,9-12,23H,7-8,13-16H2,(H,21,22). The van der Waals surface area contributed by atoms with Crippen LogP contribution in [0.25, 0.3) is 0 Å². The molecule has 1 aliphatic heterocycles. The maximum absolute atomic E-state index is 11.3. The highest BCUT2D eigenvalue weighted by Crippen LogP contribution is 2.25. The fourth-order valence-electron chi connectivity index (χ4n) is 3.00. The molecule has 2 N–H and O–H groups in total. The Bertz CT molecular complexity index is 639. The van der Waals surface area contributed by atoms with E-state index in [0.29, 0.717) is 6.42 Å². The van der Waals surface area contributed by atoms with Gasteiger partial charge in [0.1, 0.15) is 0 Å². The molecule has 1 atom stereocenters. The Morgan fingerprint density at radius 1 is 0.957 bits per heavy atom. The summed E-state index contributed by atoms with van der Waals surface area (Å²) in [6, 6.07) is 20.1. The minimum atomic E-state index is -1.08. The van der Waals surface area contributed by atoms with Crippen molar-refractivity contribution >= 4 is 5.84 Å². The predicted octanol–water partition coefficient (Wildman–Crippen LogP) is 3.64. The summed E-state index contributed by atoms with van der Waals surface area (Å²) in [7, 11) is 0. The zero-order valence-corrected chi connectivity index (χ0v) is 13.4. The molecule has 2 aromatic carbocycles. The van der Waals surface area contributed by atoms with Gasteiger partial charge in [0, 0.05) is 24.9 Å². The summed E-state index contributed by atoms with van der Waals surface area (Å²) in [5.41, 5.74) is 1.05. The van der Waals surface area contributed by atoms with Gasteiger partial charge in [-0.05, 0) is 24.8 Å². The number of nitrogens with zero attached hydrogens (tertiary/aromatic N) is 1. The van der Waals surface area contributed by atoms with E-state index in [9.17, 15) is 5.11 Å². The number of benzene rings is 2. The van der Waals surface area contributed by atoms with Gasteiger partial charge >= 0.3 is 0 Å². The summed E-state index contributed by atoms with van der Waals surface area (Å²) >= 11 is 0. The number of aliphatic hydroxyl groups is 1. The van der Waals surface area contributed by atoms with E-state index in [1.54, 1.807) is 0 Å². The van der Waals surface area contributed by atoms with Gasteiger partial charge < -0.3 is 10.4 Å². The maximum atomic E-state index is 11.3. The lowest BCUT2D eigenvalue weighted by Gasteiger charge is -2.32. The van der Waals surface area contributed by atoms with E-state index < -0.39 is 5.72 Å². The predicted molar refractivity (Wildman–Crippen MR) is 94.4 cm³/mol. The van der Waals surface area contributed by atoms with Crippen molar-refractivity contribution < 1.29 is 5.11 Å². The van der Waals surface area contributed by atoms with E-state index in [1.165, 1.54) is 5.56 Å². The highest BCUT2D eigenvalue weighted by molar-refractivity contribution is 5.83. The molecule has 3 nitrogen and oxygen atoms in total. The van der Waals surface area contributed by atoms with Crippen LogP contribution >= 0.6 is 0 Å². The molecule has 2 aromatic rings. The lowest BCUT2D eigenvalue weighted by molar-refractivity contribution is 0.0110. The summed E-state index contributed by atoms with van der Waals surface area (Å²) in [6.07, 6.45) is 4.61. The lowest BCUT2D eigenvalue weighted by Crippen LogP contribution is -2.46. The van der Waals surface area contributed by atoms with Gasteiger partial charge in [0.15, 0.2) is 5.72 Å². The smallest absolute Gasteiger partial charge is 0.163 e. The Kier molecular flexibility index (Phi) is 5.09. The van der Waals surface area contributed by atoms with E-state index in [0.717, 1.165) is 43.6 Å². The molecule has 3 rings (SSSR count). The van der Waals surface area contributed by atoms with Crippen molar-refractivity contribution in [2.45, 2.75) is 37.8 Å². The summed E-state index contributed by atoms with van der Waals surface area (Å²) < 4.78 is 0. The summed E-state index contributed by atoms with van der Waals surface area (Å²) in [6.45, 7) is 0.853. The first-order chi connectivity index (χ1) is 11.3. The van der Waals surface area contributed by atoms with Crippen LogP contribution in [0.2, 0.25) is 0 Å². The Labute approximate surface area is 138 Å². The van der Waals surface area contributed by atoms with E-state index >= 15 is 0 Å². The van der Waals surface area contributed by atoms with E-state index in [1.807, 2.05) is 48.5 Å². The van der Waals surface area contributed by atoms with Gasteiger partial charge in [0.25, 0.3) is 0 Å². The van der Waals surface area contributed by atoms with Crippen molar-refractivity contribution in [2.75, 3.05) is 6.54 Å². The molecule has 0 spiro atoms. The molecule has 0 radical (unpaired) electrons. The van der Waals surface area contributed by atoms with Crippen molar-refractivity contribution in [1.82, 2.24) is 5.32 Å². The van der Waals surface area contributed by atoms with Crippen LogP contribution < -0.4 is 5.32 Å². The van der Waals surface area contributed by atoms with Crippen LogP contribution in [-0.2, 0) is 12.1 Å². The van der Waals surface area contributed by atoms with Gasteiger partial charge in [0.2, 0.25) is 0 Å². The average molecular weight is 308 g/mol. The van der Waals surface area contributed by atoms with Crippen LogP contribution in [0.4, 0.5) is 0 Å². The molecule has 0 aromatic heterocycles. The van der Waals surface area contributed by atoms with Crippen LogP contribution in [0.15, 0.2) is 65.7 Å². The summed E-state index contributed by atoms with van der Waals surface area (Å²) in [5.74, 6) is 0.927. The zero-order chi connectivity index (χ0) is 16.0. The molecule has 1 unspecified atom stereocenters. The average Bonchev–Trinajstić information content (AvgIpc) is 2.63. The molecule has 120 valence electrons. The molecule has 0 saturated carbocycles. The molecule has 1 aliphatic rings. The quantitative estimate of drug-likeness (QED) is 0.828. The van der Waals surface area contributed by atoms with Gasteiger partial charge in [0.05, 0.1) is 5.84 Å². The Balaban J connectivity index is 1.79. The third-order valence-corrected chi connectivity index (χ3v) is 4.35. The van der Waals surface area contributed by atoms with Crippen LogP contribution in [0.1, 0.15) is 36.8 Å². The monoisotopic (exact) mass is 308 g/mol. The van der Waals surface area contributed by atoms with Gasteiger partial charge in [-0.1, -0.05) is 60.7 Å². The third-order valence-electron chi connectivity index (χ3n) is 4.35. The van der Waals surface area contributed by atoms with Crippen molar-refractivity contribution in [3.05, 3.63) is 71.8 Å². The first kappa shape index (κ1) is 15.8. The molecule has 0 saturated heterocycles. The van der Waals surface area contributed by atoms with Crippen LogP contribution in [0.5, 0.6) is 0 Å². The molecular weight excluding hydrogens is 284 g/mol. The SMILES string of the molecule is OC(CCc1ccccc1)(NC1=NCCCC1)c1ccccc1. The topological polar surface area (TPSA) is 44.6 Å². The molecule has 1 heterocycles. The number of hydrogen-bond acceptors (Lipinski definition) is 3. The number of aryl methyl sites for hydroxylation is 1. The number of hydrogen-bond donors (Lipinski definition) is 2. The Morgan fingerprint density at radius 2 is 1.65 bits per heavy atom. The van der Waals surface area contributed by atoms with Crippen molar-refractivity contribution in [2.24, 2.45) is 4.99 Å². The number of amidine groups is 1. The minimum absolute atomic E-state index is 0.611. The highest BCUT2D eigenvalue weighted by atomic mass is 16.3.